The number of para-hydroxylation sites is 2. The molecule has 0 radical (unpaired) electrons. The number of rotatable bonds is 6. The van der Waals surface area contributed by atoms with Gasteiger partial charge in [-0.15, -0.1) is 0 Å². The van der Waals surface area contributed by atoms with Crippen molar-refractivity contribution in [3.05, 3.63) is 42.4 Å². The van der Waals surface area contributed by atoms with Gasteiger partial charge in [-0.05, 0) is 25.0 Å². The summed E-state index contributed by atoms with van der Waals surface area (Å²) in [7, 11) is 0. The highest BCUT2D eigenvalue weighted by molar-refractivity contribution is 5.40. The summed E-state index contributed by atoms with van der Waals surface area (Å²) in [6, 6.07) is 9.60. The normalized spacial score (nSPS) is 16.3. The molecular weight excluding hydrogens is 282 g/mol. The molecule has 2 heterocycles. The third-order valence-corrected chi connectivity index (χ3v) is 3.43. The maximum absolute atomic E-state index is 8.81. The minimum Gasteiger partial charge on any atom is -0.486 e. The average Bonchev–Trinajstić information content (AvgIpc) is 2.58. The molecule has 0 fully saturated rings. The number of benzene rings is 1. The number of hydrogen-bond acceptors (Lipinski definition) is 6. The fraction of sp³-hybridized carbons (Fsp3) is 0.375. The standard InChI is InChI=1S/C16H19N3O3/c20-8-7-17-16-9-12(18-11-19-16)5-6-13-10-21-14-3-1-2-4-15(14)22-13/h1-4,9,11,13,20H,5-8,10H2,(H,17,18,19)/t13-/m1/s1. The van der Waals surface area contributed by atoms with Crippen molar-refractivity contribution in [2.45, 2.75) is 18.9 Å². The second-order valence-electron chi connectivity index (χ2n) is 5.08. The molecule has 1 atom stereocenters. The molecule has 2 aromatic rings. The van der Waals surface area contributed by atoms with Gasteiger partial charge in [-0.3, -0.25) is 0 Å². The van der Waals surface area contributed by atoms with Crippen LogP contribution in [-0.4, -0.2) is 40.9 Å². The molecule has 22 heavy (non-hydrogen) atoms. The van der Waals surface area contributed by atoms with Crippen molar-refractivity contribution in [1.29, 1.82) is 0 Å². The van der Waals surface area contributed by atoms with Gasteiger partial charge in [0.05, 0.1) is 6.61 Å². The third kappa shape index (κ3) is 3.65. The van der Waals surface area contributed by atoms with E-state index in [0.29, 0.717) is 13.2 Å². The number of nitrogens with one attached hydrogen (secondary N) is 1. The van der Waals surface area contributed by atoms with Crippen LogP contribution in [0, 0.1) is 0 Å². The molecule has 0 spiro atoms. The molecule has 1 aromatic heterocycles. The van der Waals surface area contributed by atoms with Crippen molar-refractivity contribution in [2.24, 2.45) is 0 Å². The summed E-state index contributed by atoms with van der Waals surface area (Å²) in [5, 5.41) is 11.8. The Hall–Kier alpha value is -2.34. The summed E-state index contributed by atoms with van der Waals surface area (Å²) in [6.07, 6.45) is 3.17. The second-order valence-corrected chi connectivity index (χ2v) is 5.08. The Labute approximate surface area is 129 Å². The zero-order chi connectivity index (χ0) is 15.2. The first-order valence-electron chi connectivity index (χ1n) is 7.39. The van der Waals surface area contributed by atoms with E-state index in [9.17, 15) is 0 Å². The van der Waals surface area contributed by atoms with Crippen molar-refractivity contribution in [2.75, 3.05) is 25.1 Å². The number of aromatic nitrogens is 2. The summed E-state index contributed by atoms with van der Waals surface area (Å²) < 4.78 is 11.6. The number of aryl methyl sites for hydroxylation is 1. The molecule has 116 valence electrons. The summed E-state index contributed by atoms with van der Waals surface area (Å²) in [6.45, 7) is 1.11. The summed E-state index contributed by atoms with van der Waals surface area (Å²) >= 11 is 0. The summed E-state index contributed by atoms with van der Waals surface area (Å²) in [5.74, 6) is 2.33. The number of aliphatic hydroxyl groups excluding tert-OH is 1. The highest BCUT2D eigenvalue weighted by Crippen LogP contribution is 2.31. The van der Waals surface area contributed by atoms with E-state index in [1.165, 1.54) is 6.33 Å². The van der Waals surface area contributed by atoms with Gasteiger partial charge in [-0.1, -0.05) is 12.1 Å². The first kappa shape index (κ1) is 14.6. The molecule has 3 rings (SSSR count). The molecule has 2 N–H and O–H groups in total. The number of anilines is 1. The van der Waals surface area contributed by atoms with Gasteiger partial charge in [0.2, 0.25) is 0 Å². The lowest BCUT2D eigenvalue weighted by Gasteiger charge is -2.26. The molecule has 6 heteroatoms. The van der Waals surface area contributed by atoms with Gasteiger partial charge < -0.3 is 19.9 Å². The molecule has 0 bridgehead atoms. The van der Waals surface area contributed by atoms with Crippen LogP contribution < -0.4 is 14.8 Å². The van der Waals surface area contributed by atoms with Gasteiger partial charge in [0.15, 0.2) is 11.5 Å². The number of aliphatic hydroxyl groups is 1. The highest BCUT2D eigenvalue weighted by atomic mass is 16.6. The van der Waals surface area contributed by atoms with Crippen molar-refractivity contribution in [1.82, 2.24) is 9.97 Å². The number of hydrogen-bond donors (Lipinski definition) is 2. The lowest BCUT2D eigenvalue weighted by molar-refractivity contribution is 0.0849. The van der Waals surface area contributed by atoms with Crippen LogP contribution in [0.4, 0.5) is 5.82 Å². The van der Waals surface area contributed by atoms with E-state index in [1.807, 2.05) is 30.3 Å². The second kappa shape index (κ2) is 7.09. The first-order valence-corrected chi connectivity index (χ1v) is 7.39. The highest BCUT2D eigenvalue weighted by Gasteiger charge is 2.20. The van der Waals surface area contributed by atoms with Crippen molar-refractivity contribution in [3.8, 4) is 11.5 Å². The van der Waals surface area contributed by atoms with Gasteiger partial charge >= 0.3 is 0 Å². The SMILES string of the molecule is OCCNc1cc(CC[C@@H]2COc3ccccc3O2)ncn1. The van der Waals surface area contributed by atoms with Crippen LogP contribution in [0.15, 0.2) is 36.7 Å². The quantitative estimate of drug-likeness (QED) is 0.845. The molecule has 0 unspecified atom stereocenters. The zero-order valence-electron chi connectivity index (χ0n) is 12.2. The van der Waals surface area contributed by atoms with E-state index >= 15 is 0 Å². The predicted octanol–water partition coefficient (Wildman–Crippen LogP) is 1.65. The van der Waals surface area contributed by atoms with Crippen molar-refractivity contribution >= 4 is 5.82 Å². The minimum atomic E-state index is 0.0266. The van der Waals surface area contributed by atoms with Crippen molar-refractivity contribution in [3.63, 3.8) is 0 Å². The topological polar surface area (TPSA) is 76.5 Å². The Kier molecular flexibility index (Phi) is 4.70. The molecule has 1 aliphatic heterocycles. The van der Waals surface area contributed by atoms with Crippen LogP contribution in [0.2, 0.25) is 0 Å². The Balaban J connectivity index is 1.55. The maximum atomic E-state index is 8.81. The smallest absolute Gasteiger partial charge is 0.161 e. The van der Waals surface area contributed by atoms with E-state index < -0.39 is 0 Å². The Morgan fingerprint density at radius 1 is 1.23 bits per heavy atom. The largest absolute Gasteiger partial charge is 0.486 e. The fourth-order valence-electron chi connectivity index (χ4n) is 2.33. The Bertz CT molecular complexity index is 621. The third-order valence-electron chi connectivity index (χ3n) is 3.43. The fourth-order valence-corrected chi connectivity index (χ4v) is 2.33. The van der Waals surface area contributed by atoms with Gasteiger partial charge in [0.1, 0.15) is 24.9 Å². The first-order chi connectivity index (χ1) is 10.8. The molecule has 0 saturated carbocycles. The van der Waals surface area contributed by atoms with Crippen LogP contribution in [0.1, 0.15) is 12.1 Å². The Morgan fingerprint density at radius 3 is 2.95 bits per heavy atom. The van der Waals surface area contributed by atoms with Gasteiger partial charge in [0.25, 0.3) is 0 Å². The maximum Gasteiger partial charge on any atom is 0.161 e. The molecular formula is C16H19N3O3. The van der Waals surface area contributed by atoms with Gasteiger partial charge in [-0.25, -0.2) is 9.97 Å². The van der Waals surface area contributed by atoms with Gasteiger partial charge in [-0.2, -0.15) is 0 Å². The van der Waals surface area contributed by atoms with Crippen LogP contribution in [-0.2, 0) is 6.42 Å². The van der Waals surface area contributed by atoms with E-state index in [1.54, 1.807) is 0 Å². The Morgan fingerprint density at radius 2 is 2.09 bits per heavy atom. The molecule has 0 amide bonds. The molecule has 1 aromatic carbocycles. The molecule has 0 saturated heterocycles. The minimum absolute atomic E-state index is 0.0266. The van der Waals surface area contributed by atoms with E-state index in [0.717, 1.165) is 35.9 Å². The molecule has 0 aliphatic carbocycles. The van der Waals surface area contributed by atoms with Crippen molar-refractivity contribution < 1.29 is 14.6 Å². The lowest BCUT2D eigenvalue weighted by atomic mass is 10.1. The number of ether oxygens (including phenoxy) is 2. The van der Waals surface area contributed by atoms with Gasteiger partial charge in [0, 0.05) is 18.3 Å². The van der Waals surface area contributed by atoms with Crippen LogP contribution in [0.5, 0.6) is 11.5 Å². The van der Waals surface area contributed by atoms with E-state index in [-0.39, 0.29) is 12.7 Å². The summed E-state index contributed by atoms with van der Waals surface area (Å²) in [4.78, 5) is 8.38. The summed E-state index contributed by atoms with van der Waals surface area (Å²) in [5.41, 5.74) is 0.942. The van der Waals surface area contributed by atoms with Crippen LogP contribution >= 0.6 is 0 Å². The van der Waals surface area contributed by atoms with Crippen LogP contribution in [0.25, 0.3) is 0 Å². The number of nitrogens with zero attached hydrogens (tertiary/aromatic N) is 2. The lowest BCUT2D eigenvalue weighted by Crippen LogP contribution is -2.29. The zero-order valence-corrected chi connectivity index (χ0v) is 12.2. The van der Waals surface area contributed by atoms with Crippen LogP contribution in [0.3, 0.4) is 0 Å². The predicted molar refractivity (Wildman–Crippen MR) is 82.3 cm³/mol. The average molecular weight is 301 g/mol. The monoisotopic (exact) mass is 301 g/mol. The van der Waals surface area contributed by atoms with E-state index in [4.69, 9.17) is 14.6 Å². The molecule has 6 nitrogen and oxygen atoms in total. The molecule has 1 aliphatic rings. The van der Waals surface area contributed by atoms with E-state index in [2.05, 4.69) is 15.3 Å². The number of fused-ring (bicyclic) bond motifs is 1.